The van der Waals surface area contributed by atoms with E-state index in [1.54, 1.807) is 11.3 Å². The first kappa shape index (κ1) is 14.2. The first-order valence-corrected chi connectivity index (χ1v) is 7.42. The molecule has 4 nitrogen and oxygen atoms in total. The Labute approximate surface area is 118 Å². The van der Waals surface area contributed by atoms with E-state index in [0.717, 1.165) is 16.4 Å². The van der Waals surface area contributed by atoms with Crippen molar-refractivity contribution in [3.05, 3.63) is 34.3 Å². The van der Waals surface area contributed by atoms with Crippen molar-refractivity contribution in [2.45, 2.75) is 52.1 Å². The summed E-state index contributed by atoms with van der Waals surface area (Å²) in [6, 6.07) is 0.150. The molecule has 0 aliphatic carbocycles. The fourth-order valence-corrected chi connectivity index (χ4v) is 2.95. The number of nitrogens with zero attached hydrogens (tertiary/aromatic N) is 3. The monoisotopic (exact) mass is 278 g/mol. The van der Waals surface area contributed by atoms with E-state index >= 15 is 0 Å². The molecule has 0 saturated heterocycles. The molecule has 0 spiro atoms. The van der Waals surface area contributed by atoms with Gasteiger partial charge in [-0.25, -0.2) is 9.97 Å². The van der Waals surface area contributed by atoms with Crippen molar-refractivity contribution in [1.29, 1.82) is 0 Å². The largest absolute Gasteiger partial charge is 0.330 e. The predicted molar refractivity (Wildman–Crippen MR) is 79.5 cm³/mol. The SMILES string of the molecule is CC(C)n1cncc1C(N)c1nc(C(C)(C)C)cs1. The Balaban J connectivity index is 2.31. The lowest BCUT2D eigenvalue weighted by Gasteiger charge is -2.16. The van der Waals surface area contributed by atoms with E-state index in [-0.39, 0.29) is 11.5 Å². The molecule has 0 aromatic carbocycles. The van der Waals surface area contributed by atoms with Crippen LogP contribution in [0.4, 0.5) is 0 Å². The predicted octanol–water partition coefficient (Wildman–Crippen LogP) is 3.27. The molecule has 0 amide bonds. The Morgan fingerprint density at radius 1 is 1.32 bits per heavy atom. The molecule has 1 unspecified atom stereocenters. The van der Waals surface area contributed by atoms with E-state index < -0.39 is 0 Å². The number of imidazole rings is 1. The molecular weight excluding hydrogens is 256 g/mol. The van der Waals surface area contributed by atoms with Gasteiger partial charge in [-0.05, 0) is 13.8 Å². The molecule has 0 aliphatic rings. The summed E-state index contributed by atoms with van der Waals surface area (Å²) in [5, 5.41) is 3.05. The van der Waals surface area contributed by atoms with Gasteiger partial charge in [0, 0.05) is 16.8 Å². The average Bonchev–Trinajstić information content (AvgIpc) is 2.96. The maximum absolute atomic E-state index is 6.34. The molecule has 0 saturated carbocycles. The van der Waals surface area contributed by atoms with Crippen LogP contribution in [0.2, 0.25) is 0 Å². The summed E-state index contributed by atoms with van der Waals surface area (Å²) in [5.41, 5.74) is 8.52. The molecule has 5 heteroatoms. The molecule has 2 N–H and O–H groups in total. The minimum absolute atomic E-state index is 0.0623. The molecule has 19 heavy (non-hydrogen) atoms. The van der Waals surface area contributed by atoms with Gasteiger partial charge in [-0.2, -0.15) is 0 Å². The normalized spacial score (nSPS) is 14.1. The van der Waals surface area contributed by atoms with Gasteiger partial charge >= 0.3 is 0 Å². The summed E-state index contributed by atoms with van der Waals surface area (Å²) in [4.78, 5) is 8.90. The summed E-state index contributed by atoms with van der Waals surface area (Å²) in [6.45, 7) is 10.7. The van der Waals surface area contributed by atoms with Crippen LogP contribution >= 0.6 is 11.3 Å². The van der Waals surface area contributed by atoms with Crippen molar-refractivity contribution in [3.63, 3.8) is 0 Å². The Bertz CT molecular complexity index is 548. The Morgan fingerprint density at radius 2 is 2.00 bits per heavy atom. The van der Waals surface area contributed by atoms with Crippen LogP contribution in [0.1, 0.15) is 63.1 Å². The topological polar surface area (TPSA) is 56.7 Å². The molecule has 104 valence electrons. The van der Waals surface area contributed by atoms with Gasteiger partial charge < -0.3 is 10.3 Å². The summed E-state index contributed by atoms with van der Waals surface area (Å²) in [5.74, 6) is 0. The van der Waals surface area contributed by atoms with E-state index in [1.165, 1.54) is 0 Å². The van der Waals surface area contributed by atoms with Crippen LogP contribution < -0.4 is 5.73 Å². The molecule has 0 bridgehead atoms. The molecule has 2 rings (SSSR count). The van der Waals surface area contributed by atoms with E-state index in [1.807, 2.05) is 12.5 Å². The van der Waals surface area contributed by atoms with E-state index in [0.29, 0.717) is 6.04 Å². The van der Waals surface area contributed by atoms with Crippen LogP contribution in [-0.2, 0) is 5.41 Å². The minimum Gasteiger partial charge on any atom is -0.330 e. The summed E-state index contributed by atoms with van der Waals surface area (Å²) in [7, 11) is 0. The standard InChI is InChI=1S/C14H22N4S/c1-9(2)18-8-16-6-10(18)12(15)13-17-11(7-19-13)14(3,4)5/h6-9,12H,15H2,1-5H3. The molecule has 0 aliphatic heterocycles. The summed E-state index contributed by atoms with van der Waals surface area (Å²) in [6.07, 6.45) is 3.67. The second-order valence-corrected chi connectivity index (χ2v) is 7.01. The highest BCUT2D eigenvalue weighted by Crippen LogP contribution is 2.29. The fraction of sp³-hybridized carbons (Fsp3) is 0.571. The van der Waals surface area contributed by atoms with Gasteiger partial charge in [0.2, 0.25) is 0 Å². The highest BCUT2D eigenvalue weighted by atomic mass is 32.1. The van der Waals surface area contributed by atoms with Gasteiger partial charge in [-0.1, -0.05) is 20.8 Å². The Morgan fingerprint density at radius 3 is 2.53 bits per heavy atom. The zero-order chi connectivity index (χ0) is 14.2. The lowest BCUT2D eigenvalue weighted by Crippen LogP contribution is -2.18. The third kappa shape index (κ3) is 2.87. The van der Waals surface area contributed by atoms with Crippen LogP contribution in [0.15, 0.2) is 17.9 Å². The van der Waals surface area contributed by atoms with Gasteiger partial charge in [-0.15, -0.1) is 11.3 Å². The number of rotatable bonds is 3. The molecule has 0 fully saturated rings. The molecule has 2 aromatic heterocycles. The number of hydrogen-bond donors (Lipinski definition) is 1. The number of hydrogen-bond acceptors (Lipinski definition) is 4. The van der Waals surface area contributed by atoms with Gasteiger partial charge in [0.25, 0.3) is 0 Å². The number of nitrogens with two attached hydrogens (primary N) is 1. The minimum atomic E-state index is -0.203. The van der Waals surface area contributed by atoms with Crippen molar-refractivity contribution in [2.24, 2.45) is 5.73 Å². The molecular formula is C14H22N4S. The Kier molecular flexibility index (Phi) is 3.78. The molecule has 2 aromatic rings. The summed E-state index contributed by atoms with van der Waals surface area (Å²) >= 11 is 1.63. The van der Waals surface area contributed by atoms with Crippen molar-refractivity contribution in [2.75, 3.05) is 0 Å². The van der Waals surface area contributed by atoms with Crippen molar-refractivity contribution in [3.8, 4) is 0 Å². The van der Waals surface area contributed by atoms with E-state index in [9.17, 15) is 0 Å². The van der Waals surface area contributed by atoms with Crippen LogP contribution in [-0.4, -0.2) is 14.5 Å². The first-order chi connectivity index (χ1) is 8.80. The fourth-order valence-electron chi connectivity index (χ4n) is 1.89. The highest BCUT2D eigenvalue weighted by Gasteiger charge is 2.22. The van der Waals surface area contributed by atoms with Crippen molar-refractivity contribution < 1.29 is 0 Å². The molecule has 1 atom stereocenters. The zero-order valence-corrected chi connectivity index (χ0v) is 13.0. The average molecular weight is 278 g/mol. The molecule has 2 heterocycles. The van der Waals surface area contributed by atoms with Crippen LogP contribution in [0.3, 0.4) is 0 Å². The lowest BCUT2D eigenvalue weighted by atomic mass is 9.93. The number of aromatic nitrogens is 3. The summed E-state index contributed by atoms with van der Waals surface area (Å²) < 4.78 is 2.10. The number of thiazole rings is 1. The smallest absolute Gasteiger partial charge is 0.116 e. The maximum Gasteiger partial charge on any atom is 0.116 e. The zero-order valence-electron chi connectivity index (χ0n) is 12.2. The van der Waals surface area contributed by atoms with Crippen LogP contribution in [0.5, 0.6) is 0 Å². The molecule has 0 radical (unpaired) electrons. The van der Waals surface area contributed by atoms with Crippen LogP contribution in [0.25, 0.3) is 0 Å². The quantitative estimate of drug-likeness (QED) is 0.937. The van der Waals surface area contributed by atoms with Gasteiger partial charge in [0.15, 0.2) is 0 Å². The van der Waals surface area contributed by atoms with Gasteiger partial charge in [0.05, 0.1) is 30.0 Å². The maximum atomic E-state index is 6.34. The third-order valence-corrected chi connectivity index (χ3v) is 4.06. The van der Waals surface area contributed by atoms with Crippen molar-refractivity contribution >= 4 is 11.3 Å². The first-order valence-electron chi connectivity index (χ1n) is 6.54. The van der Waals surface area contributed by atoms with E-state index in [4.69, 9.17) is 10.7 Å². The third-order valence-electron chi connectivity index (χ3n) is 3.13. The Hall–Kier alpha value is -1.20. The second-order valence-electron chi connectivity index (χ2n) is 6.12. The van der Waals surface area contributed by atoms with Crippen molar-refractivity contribution in [1.82, 2.24) is 14.5 Å². The van der Waals surface area contributed by atoms with Crippen LogP contribution in [0, 0.1) is 0 Å². The van der Waals surface area contributed by atoms with E-state index in [2.05, 4.69) is 49.5 Å². The lowest BCUT2D eigenvalue weighted by molar-refractivity contribution is 0.552. The van der Waals surface area contributed by atoms with Gasteiger partial charge in [-0.3, -0.25) is 0 Å². The second kappa shape index (κ2) is 5.06. The highest BCUT2D eigenvalue weighted by molar-refractivity contribution is 7.09. The van der Waals surface area contributed by atoms with Gasteiger partial charge in [0.1, 0.15) is 5.01 Å².